The van der Waals surface area contributed by atoms with Gasteiger partial charge in [0.1, 0.15) is 17.2 Å². The predicted molar refractivity (Wildman–Crippen MR) is 106 cm³/mol. The van der Waals surface area contributed by atoms with Crippen LogP contribution >= 0.6 is 11.6 Å². The van der Waals surface area contributed by atoms with Gasteiger partial charge >= 0.3 is 0 Å². The number of para-hydroxylation sites is 1. The Bertz CT molecular complexity index is 1200. The van der Waals surface area contributed by atoms with Crippen molar-refractivity contribution in [1.29, 1.82) is 0 Å². The lowest BCUT2D eigenvalue weighted by Gasteiger charge is -2.37. The van der Waals surface area contributed by atoms with Gasteiger partial charge in [-0.1, -0.05) is 29.8 Å². The van der Waals surface area contributed by atoms with Crippen LogP contribution in [0.5, 0.6) is 0 Å². The van der Waals surface area contributed by atoms with Gasteiger partial charge in [0.2, 0.25) is 0 Å². The highest BCUT2D eigenvalue weighted by molar-refractivity contribution is 6.30. The maximum Gasteiger partial charge on any atom is 0.262 e. The minimum absolute atomic E-state index is 0.201. The number of fused-ring (bicyclic) bond motifs is 2. The number of benzene rings is 2. The average molecular weight is 393 g/mol. The zero-order valence-electron chi connectivity index (χ0n) is 14.5. The summed E-state index contributed by atoms with van der Waals surface area (Å²) in [5.41, 5.74) is 3.10. The molecular weight excluding hydrogens is 379 g/mol. The number of hydrogen-bond acceptors (Lipinski definition) is 3. The smallest absolute Gasteiger partial charge is 0.262 e. The molecule has 5 nitrogen and oxygen atoms in total. The SMILES string of the molecule is O=C1c2ccccc2NC(c2c(Cl)nc3ccccn23)N1c1ccc(F)cc1. The van der Waals surface area contributed by atoms with Gasteiger partial charge in [0, 0.05) is 17.6 Å². The van der Waals surface area contributed by atoms with Gasteiger partial charge in [-0.15, -0.1) is 0 Å². The van der Waals surface area contributed by atoms with Crippen molar-refractivity contribution < 1.29 is 9.18 Å². The number of carbonyl (C=O) groups is 1. The molecule has 138 valence electrons. The summed E-state index contributed by atoms with van der Waals surface area (Å²) in [6, 6.07) is 18.7. The molecule has 1 atom stereocenters. The van der Waals surface area contributed by atoms with E-state index in [4.69, 9.17) is 11.6 Å². The van der Waals surface area contributed by atoms with E-state index in [0.717, 1.165) is 0 Å². The third-order valence-electron chi connectivity index (χ3n) is 4.81. The Kier molecular flexibility index (Phi) is 3.80. The predicted octanol–water partition coefficient (Wildman–Crippen LogP) is 4.90. The van der Waals surface area contributed by atoms with Crippen LogP contribution in [0.2, 0.25) is 5.15 Å². The van der Waals surface area contributed by atoms with E-state index < -0.39 is 6.17 Å². The Hall–Kier alpha value is -3.38. The van der Waals surface area contributed by atoms with Crippen LogP contribution < -0.4 is 10.2 Å². The fraction of sp³-hybridized carbons (Fsp3) is 0.0476. The fourth-order valence-corrected chi connectivity index (χ4v) is 3.82. The molecule has 0 fully saturated rings. The van der Waals surface area contributed by atoms with Gasteiger partial charge in [-0.05, 0) is 48.5 Å². The number of carbonyl (C=O) groups excluding carboxylic acids is 1. The molecule has 0 radical (unpaired) electrons. The largest absolute Gasteiger partial charge is 0.359 e. The molecule has 1 N–H and O–H groups in total. The van der Waals surface area contributed by atoms with Gasteiger partial charge in [0.15, 0.2) is 11.3 Å². The zero-order valence-corrected chi connectivity index (χ0v) is 15.3. The summed E-state index contributed by atoms with van der Waals surface area (Å²) < 4.78 is 15.3. The number of aromatic nitrogens is 2. The van der Waals surface area contributed by atoms with Gasteiger partial charge in [0.25, 0.3) is 5.91 Å². The highest BCUT2D eigenvalue weighted by Crippen LogP contribution is 2.38. The van der Waals surface area contributed by atoms with E-state index in [9.17, 15) is 9.18 Å². The third kappa shape index (κ3) is 2.53. The molecule has 28 heavy (non-hydrogen) atoms. The van der Waals surface area contributed by atoms with Crippen molar-refractivity contribution >= 4 is 34.5 Å². The second kappa shape index (κ2) is 6.35. The van der Waals surface area contributed by atoms with E-state index in [1.54, 1.807) is 23.1 Å². The topological polar surface area (TPSA) is 49.6 Å². The number of amides is 1. The first-order chi connectivity index (χ1) is 13.6. The Labute approximate surface area is 165 Å². The normalized spacial score (nSPS) is 16.1. The molecule has 3 heterocycles. The lowest BCUT2D eigenvalue weighted by Crippen LogP contribution is -2.43. The second-order valence-electron chi connectivity index (χ2n) is 6.46. The van der Waals surface area contributed by atoms with E-state index in [-0.39, 0.29) is 11.7 Å². The minimum Gasteiger partial charge on any atom is -0.359 e. The van der Waals surface area contributed by atoms with Gasteiger partial charge in [-0.2, -0.15) is 0 Å². The Balaban J connectivity index is 1.74. The van der Waals surface area contributed by atoms with Crippen molar-refractivity contribution in [3.05, 3.63) is 95.2 Å². The Morgan fingerprint density at radius 2 is 1.75 bits per heavy atom. The van der Waals surface area contributed by atoms with Crippen LogP contribution in [-0.2, 0) is 0 Å². The highest BCUT2D eigenvalue weighted by atomic mass is 35.5. The first kappa shape index (κ1) is 16.8. The number of pyridine rings is 1. The number of nitrogens with one attached hydrogen (secondary N) is 1. The lowest BCUT2D eigenvalue weighted by molar-refractivity contribution is 0.0974. The van der Waals surface area contributed by atoms with Gasteiger partial charge in [-0.25, -0.2) is 9.37 Å². The molecule has 1 aliphatic heterocycles. The Morgan fingerprint density at radius 3 is 2.57 bits per heavy atom. The van der Waals surface area contributed by atoms with Crippen molar-refractivity contribution in [2.45, 2.75) is 6.17 Å². The molecule has 0 bridgehead atoms. The van der Waals surface area contributed by atoms with Gasteiger partial charge < -0.3 is 5.32 Å². The maximum atomic E-state index is 13.5. The molecule has 5 rings (SSSR count). The Morgan fingerprint density at radius 1 is 1.00 bits per heavy atom. The second-order valence-corrected chi connectivity index (χ2v) is 6.82. The van der Waals surface area contributed by atoms with E-state index in [2.05, 4.69) is 10.3 Å². The molecule has 0 saturated heterocycles. The fourth-order valence-electron chi connectivity index (χ4n) is 3.54. The van der Waals surface area contributed by atoms with Gasteiger partial charge in [0.05, 0.1) is 5.56 Å². The molecule has 0 aliphatic carbocycles. The molecule has 1 aliphatic rings. The van der Waals surface area contributed by atoms with Crippen molar-refractivity contribution in [3.8, 4) is 0 Å². The van der Waals surface area contributed by atoms with E-state index in [1.165, 1.54) is 12.1 Å². The summed E-state index contributed by atoms with van der Waals surface area (Å²) in [6.45, 7) is 0. The summed E-state index contributed by atoms with van der Waals surface area (Å²) in [5.74, 6) is -0.571. The van der Waals surface area contributed by atoms with Crippen molar-refractivity contribution in [2.24, 2.45) is 0 Å². The van der Waals surface area contributed by atoms with Crippen LogP contribution in [0.3, 0.4) is 0 Å². The molecule has 2 aromatic carbocycles. The van der Waals surface area contributed by atoms with Gasteiger partial charge in [-0.3, -0.25) is 14.1 Å². The number of nitrogens with zero attached hydrogens (tertiary/aromatic N) is 3. The summed E-state index contributed by atoms with van der Waals surface area (Å²) in [6.07, 6.45) is 1.23. The number of anilines is 2. The van der Waals surface area contributed by atoms with Crippen molar-refractivity contribution in [3.63, 3.8) is 0 Å². The molecule has 1 unspecified atom stereocenters. The van der Waals surface area contributed by atoms with Crippen molar-refractivity contribution in [1.82, 2.24) is 9.38 Å². The summed E-state index contributed by atoms with van der Waals surface area (Å²) in [4.78, 5) is 19.4. The standard InChI is InChI=1S/C21H14ClFN4O/c22-19-18(26-12-4-3-7-17(26)25-19)20-24-16-6-2-1-5-15(16)21(28)27(20)14-10-8-13(23)9-11-14/h1-12,20,24H. The number of hydrogen-bond donors (Lipinski definition) is 1. The quantitative estimate of drug-likeness (QED) is 0.528. The molecule has 4 aromatic rings. The van der Waals surface area contributed by atoms with Crippen molar-refractivity contribution in [2.75, 3.05) is 10.2 Å². The van der Waals surface area contributed by atoms with Crippen LogP contribution in [0.25, 0.3) is 5.65 Å². The first-order valence-corrected chi connectivity index (χ1v) is 9.08. The van der Waals surface area contributed by atoms with Crippen LogP contribution in [0, 0.1) is 5.82 Å². The number of halogens is 2. The molecular formula is C21H14ClFN4O. The van der Waals surface area contributed by atoms with E-state index >= 15 is 0 Å². The third-order valence-corrected chi connectivity index (χ3v) is 5.09. The minimum atomic E-state index is -0.613. The summed E-state index contributed by atoms with van der Waals surface area (Å²) in [7, 11) is 0. The monoisotopic (exact) mass is 392 g/mol. The first-order valence-electron chi connectivity index (χ1n) is 8.70. The lowest BCUT2D eigenvalue weighted by atomic mass is 10.1. The molecule has 2 aromatic heterocycles. The average Bonchev–Trinajstić information content (AvgIpc) is 3.04. The van der Waals surface area contributed by atoms with E-state index in [0.29, 0.717) is 33.4 Å². The summed E-state index contributed by atoms with van der Waals surface area (Å²) in [5, 5.41) is 3.69. The van der Waals surface area contributed by atoms with E-state index in [1.807, 2.05) is 47.0 Å². The van der Waals surface area contributed by atoms with Crippen LogP contribution in [0.15, 0.2) is 72.9 Å². The maximum absolute atomic E-state index is 13.5. The van der Waals surface area contributed by atoms with Crippen LogP contribution in [-0.4, -0.2) is 15.3 Å². The highest BCUT2D eigenvalue weighted by Gasteiger charge is 2.37. The number of imidazole rings is 1. The molecule has 7 heteroatoms. The van der Waals surface area contributed by atoms with Crippen LogP contribution in [0.1, 0.15) is 22.2 Å². The molecule has 0 spiro atoms. The zero-order chi connectivity index (χ0) is 19.3. The van der Waals surface area contributed by atoms with Crippen LogP contribution in [0.4, 0.5) is 15.8 Å². The molecule has 1 amide bonds. The number of rotatable bonds is 2. The summed E-state index contributed by atoms with van der Waals surface area (Å²) >= 11 is 6.48. The molecule has 0 saturated carbocycles.